The summed E-state index contributed by atoms with van der Waals surface area (Å²) >= 11 is 0. The second-order valence-corrected chi connectivity index (χ2v) is 2.90. The molecule has 4 heteroatoms. The van der Waals surface area contributed by atoms with Crippen LogP contribution >= 0.6 is 0 Å². The molecule has 0 saturated heterocycles. The Morgan fingerprint density at radius 2 is 2.00 bits per heavy atom. The largest absolute Gasteiger partial charge is 0.497 e. The van der Waals surface area contributed by atoms with Gasteiger partial charge in [-0.05, 0) is 30.7 Å². The second-order valence-electron chi connectivity index (χ2n) is 2.90. The van der Waals surface area contributed by atoms with Crippen LogP contribution in [0.15, 0.2) is 29.6 Å². The summed E-state index contributed by atoms with van der Waals surface area (Å²) in [6.45, 7) is 2.64. The molecule has 1 aromatic carbocycles. The van der Waals surface area contributed by atoms with E-state index in [9.17, 15) is 4.91 Å². The highest BCUT2D eigenvalue weighted by atomic mass is 16.5. The molecular formula is C10H14N2O2. The Morgan fingerprint density at radius 1 is 1.36 bits per heavy atom. The lowest BCUT2D eigenvalue weighted by Gasteiger charge is -2.13. The maximum atomic E-state index is 10.5. The number of ether oxygens (including phenoxy) is 1. The summed E-state index contributed by atoms with van der Waals surface area (Å²) in [6, 6.07) is 7.25. The minimum Gasteiger partial charge on any atom is -0.497 e. The van der Waals surface area contributed by atoms with Crippen molar-refractivity contribution in [1.29, 1.82) is 0 Å². The molecule has 0 amide bonds. The molecule has 0 unspecified atom stereocenters. The molecule has 0 N–H and O–H groups in total. The van der Waals surface area contributed by atoms with E-state index in [1.54, 1.807) is 7.11 Å². The number of hydrogen-bond donors (Lipinski definition) is 0. The lowest BCUT2D eigenvalue weighted by atomic mass is 10.3. The SMILES string of the molecule is CCCN(N=O)c1ccc(OC)cc1. The van der Waals surface area contributed by atoms with Crippen LogP contribution in [-0.4, -0.2) is 13.7 Å². The van der Waals surface area contributed by atoms with Gasteiger partial charge in [0.1, 0.15) is 5.75 Å². The number of nitroso groups, excluding NO2 is 1. The van der Waals surface area contributed by atoms with Crippen LogP contribution in [-0.2, 0) is 0 Å². The first-order valence-electron chi connectivity index (χ1n) is 4.56. The van der Waals surface area contributed by atoms with Crippen LogP contribution in [0, 0.1) is 4.91 Å². The molecule has 1 rings (SSSR count). The zero-order valence-electron chi connectivity index (χ0n) is 8.43. The molecule has 0 heterocycles. The molecule has 0 atom stereocenters. The Labute approximate surface area is 83.4 Å². The third-order valence-electron chi connectivity index (χ3n) is 1.90. The highest BCUT2D eigenvalue weighted by Gasteiger charge is 2.04. The average Bonchev–Trinajstić information content (AvgIpc) is 2.26. The van der Waals surface area contributed by atoms with Gasteiger partial charge in [-0.25, -0.2) is 5.01 Å². The van der Waals surface area contributed by atoms with Crippen molar-refractivity contribution in [2.45, 2.75) is 13.3 Å². The van der Waals surface area contributed by atoms with Crippen molar-refractivity contribution in [1.82, 2.24) is 0 Å². The van der Waals surface area contributed by atoms with Crippen LogP contribution < -0.4 is 9.75 Å². The highest BCUT2D eigenvalue weighted by molar-refractivity contribution is 5.48. The smallest absolute Gasteiger partial charge is 0.119 e. The van der Waals surface area contributed by atoms with Gasteiger partial charge in [-0.1, -0.05) is 6.92 Å². The van der Waals surface area contributed by atoms with Crippen LogP contribution in [0.2, 0.25) is 0 Å². The van der Waals surface area contributed by atoms with Crippen molar-refractivity contribution in [2.24, 2.45) is 5.29 Å². The molecule has 0 fully saturated rings. The summed E-state index contributed by atoms with van der Waals surface area (Å²) < 4.78 is 5.02. The third-order valence-corrected chi connectivity index (χ3v) is 1.90. The number of benzene rings is 1. The molecule has 0 aliphatic heterocycles. The number of hydrogen-bond acceptors (Lipinski definition) is 3. The fraction of sp³-hybridized carbons (Fsp3) is 0.400. The van der Waals surface area contributed by atoms with Gasteiger partial charge in [0.2, 0.25) is 0 Å². The lowest BCUT2D eigenvalue weighted by molar-refractivity contribution is 0.415. The maximum absolute atomic E-state index is 10.5. The van der Waals surface area contributed by atoms with Crippen molar-refractivity contribution >= 4 is 5.69 Å². The third kappa shape index (κ3) is 2.45. The van der Waals surface area contributed by atoms with Gasteiger partial charge >= 0.3 is 0 Å². The molecule has 0 radical (unpaired) electrons. The molecule has 14 heavy (non-hydrogen) atoms. The van der Waals surface area contributed by atoms with E-state index in [1.807, 2.05) is 31.2 Å². The molecule has 0 spiro atoms. The molecule has 0 aromatic heterocycles. The summed E-state index contributed by atoms with van der Waals surface area (Å²) in [5, 5.41) is 4.38. The Bertz CT molecular complexity index is 285. The van der Waals surface area contributed by atoms with Gasteiger partial charge in [0.25, 0.3) is 0 Å². The first-order valence-corrected chi connectivity index (χ1v) is 4.56. The topological polar surface area (TPSA) is 41.9 Å². The number of rotatable bonds is 5. The Morgan fingerprint density at radius 3 is 2.43 bits per heavy atom. The van der Waals surface area contributed by atoms with Gasteiger partial charge in [0.15, 0.2) is 0 Å². The molecule has 0 bridgehead atoms. The zero-order chi connectivity index (χ0) is 10.4. The van der Waals surface area contributed by atoms with E-state index in [-0.39, 0.29) is 0 Å². The Kier molecular flexibility index (Phi) is 3.91. The van der Waals surface area contributed by atoms with Crippen LogP contribution in [0.25, 0.3) is 0 Å². The van der Waals surface area contributed by atoms with Gasteiger partial charge in [-0.3, -0.25) is 0 Å². The normalized spacial score (nSPS) is 9.57. The van der Waals surface area contributed by atoms with Gasteiger partial charge in [-0.2, -0.15) is 0 Å². The van der Waals surface area contributed by atoms with E-state index in [1.165, 1.54) is 5.01 Å². The predicted octanol–water partition coefficient (Wildman–Crippen LogP) is 2.59. The van der Waals surface area contributed by atoms with E-state index in [4.69, 9.17) is 4.74 Å². The summed E-state index contributed by atoms with van der Waals surface area (Å²) in [7, 11) is 1.61. The molecule has 4 nitrogen and oxygen atoms in total. The van der Waals surface area contributed by atoms with Crippen molar-refractivity contribution in [3.8, 4) is 5.75 Å². The molecular weight excluding hydrogens is 180 g/mol. The first kappa shape index (κ1) is 10.5. The number of nitrogens with zero attached hydrogens (tertiary/aromatic N) is 2. The molecule has 0 aliphatic carbocycles. The van der Waals surface area contributed by atoms with Crippen LogP contribution in [0.3, 0.4) is 0 Å². The molecule has 76 valence electrons. The minimum atomic E-state index is 0.635. The van der Waals surface area contributed by atoms with Crippen LogP contribution in [0.4, 0.5) is 5.69 Å². The van der Waals surface area contributed by atoms with Gasteiger partial charge < -0.3 is 4.74 Å². The van der Waals surface area contributed by atoms with E-state index < -0.39 is 0 Å². The van der Waals surface area contributed by atoms with Gasteiger partial charge in [0, 0.05) is 6.54 Å². The predicted molar refractivity (Wildman–Crippen MR) is 56.4 cm³/mol. The van der Waals surface area contributed by atoms with Crippen molar-refractivity contribution in [3.05, 3.63) is 29.2 Å². The highest BCUT2D eigenvalue weighted by Crippen LogP contribution is 2.19. The van der Waals surface area contributed by atoms with E-state index in [0.29, 0.717) is 6.54 Å². The summed E-state index contributed by atoms with van der Waals surface area (Å²) in [6.07, 6.45) is 0.887. The fourth-order valence-electron chi connectivity index (χ4n) is 1.18. The second kappa shape index (κ2) is 5.21. The number of anilines is 1. The first-order chi connectivity index (χ1) is 6.81. The number of methoxy groups -OCH3 is 1. The molecule has 0 aliphatic rings. The Balaban J connectivity index is 2.78. The van der Waals surface area contributed by atoms with Crippen LogP contribution in [0.5, 0.6) is 5.75 Å². The summed E-state index contributed by atoms with van der Waals surface area (Å²) in [4.78, 5) is 10.5. The van der Waals surface area contributed by atoms with Gasteiger partial charge in [0.05, 0.1) is 18.1 Å². The van der Waals surface area contributed by atoms with Crippen molar-refractivity contribution in [3.63, 3.8) is 0 Å². The van der Waals surface area contributed by atoms with Crippen molar-refractivity contribution in [2.75, 3.05) is 18.7 Å². The zero-order valence-corrected chi connectivity index (χ0v) is 8.43. The van der Waals surface area contributed by atoms with E-state index in [0.717, 1.165) is 17.9 Å². The fourth-order valence-corrected chi connectivity index (χ4v) is 1.18. The van der Waals surface area contributed by atoms with E-state index >= 15 is 0 Å². The quantitative estimate of drug-likeness (QED) is 0.534. The molecule has 1 aromatic rings. The Hall–Kier alpha value is -1.58. The van der Waals surface area contributed by atoms with E-state index in [2.05, 4.69) is 5.29 Å². The average molecular weight is 194 g/mol. The molecule has 0 saturated carbocycles. The lowest BCUT2D eigenvalue weighted by Crippen LogP contribution is -2.15. The van der Waals surface area contributed by atoms with Crippen molar-refractivity contribution < 1.29 is 4.74 Å². The van der Waals surface area contributed by atoms with Crippen LogP contribution in [0.1, 0.15) is 13.3 Å². The minimum absolute atomic E-state index is 0.635. The maximum Gasteiger partial charge on any atom is 0.119 e. The standard InChI is InChI=1S/C10H14N2O2/c1-3-8-12(11-13)9-4-6-10(14-2)7-5-9/h4-7H,3,8H2,1-2H3. The summed E-state index contributed by atoms with van der Waals surface area (Å²) in [5.74, 6) is 0.774. The summed E-state index contributed by atoms with van der Waals surface area (Å²) in [5.41, 5.74) is 0.794. The van der Waals surface area contributed by atoms with Gasteiger partial charge in [-0.15, -0.1) is 4.91 Å². The monoisotopic (exact) mass is 194 g/mol.